The molecule has 1 rings (SSSR count). The first kappa shape index (κ1) is 17.9. The fourth-order valence-electron chi connectivity index (χ4n) is 2.19. The van der Waals surface area contributed by atoms with Crippen molar-refractivity contribution in [2.75, 3.05) is 0 Å². The first-order valence-corrected chi connectivity index (χ1v) is 7.63. The molecule has 2 atom stereocenters. The van der Waals surface area contributed by atoms with Crippen molar-refractivity contribution in [3.05, 3.63) is 35.9 Å². The SMILES string of the molecule is CCCCC(C=O)NC(=O)[C@H](Cc1ccccc1)NC(C)=O. The summed E-state index contributed by atoms with van der Waals surface area (Å²) in [6.07, 6.45) is 3.59. The summed E-state index contributed by atoms with van der Waals surface area (Å²) in [7, 11) is 0. The summed E-state index contributed by atoms with van der Waals surface area (Å²) in [6, 6.07) is 8.28. The van der Waals surface area contributed by atoms with E-state index in [9.17, 15) is 14.4 Å². The van der Waals surface area contributed by atoms with Gasteiger partial charge in [0.2, 0.25) is 11.8 Å². The number of hydrogen-bond donors (Lipinski definition) is 2. The molecule has 0 spiro atoms. The van der Waals surface area contributed by atoms with Crippen LogP contribution in [-0.2, 0) is 20.8 Å². The van der Waals surface area contributed by atoms with Crippen LogP contribution in [0, 0.1) is 0 Å². The van der Waals surface area contributed by atoms with Crippen LogP contribution in [0.4, 0.5) is 0 Å². The maximum Gasteiger partial charge on any atom is 0.243 e. The van der Waals surface area contributed by atoms with E-state index >= 15 is 0 Å². The Morgan fingerprint density at radius 2 is 1.86 bits per heavy atom. The van der Waals surface area contributed by atoms with Gasteiger partial charge in [-0.15, -0.1) is 0 Å². The molecule has 0 fully saturated rings. The molecule has 22 heavy (non-hydrogen) atoms. The molecule has 0 aliphatic rings. The van der Waals surface area contributed by atoms with Crippen LogP contribution in [0.15, 0.2) is 30.3 Å². The molecule has 0 radical (unpaired) electrons. The molecule has 0 aliphatic heterocycles. The highest BCUT2D eigenvalue weighted by Crippen LogP contribution is 2.05. The van der Waals surface area contributed by atoms with Gasteiger partial charge >= 0.3 is 0 Å². The maximum absolute atomic E-state index is 12.3. The predicted molar refractivity (Wildman–Crippen MR) is 85.3 cm³/mol. The van der Waals surface area contributed by atoms with Crippen molar-refractivity contribution < 1.29 is 14.4 Å². The van der Waals surface area contributed by atoms with E-state index in [1.807, 2.05) is 37.3 Å². The van der Waals surface area contributed by atoms with E-state index in [1.54, 1.807) is 0 Å². The number of unbranched alkanes of at least 4 members (excludes halogenated alkanes) is 1. The standard InChI is InChI=1S/C17H24N2O3/c1-3-4-10-15(12-20)19-17(22)16(18-13(2)21)11-14-8-6-5-7-9-14/h5-9,12,15-16H,3-4,10-11H2,1-2H3,(H,18,21)(H,19,22)/t15?,16-/m0/s1. The van der Waals surface area contributed by atoms with Crippen LogP contribution in [0.5, 0.6) is 0 Å². The Morgan fingerprint density at radius 1 is 1.18 bits per heavy atom. The monoisotopic (exact) mass is 304 g/mol. The van der Waals surface area contributed by atoms with Gasteiger partial charge in [-0.2, -0.15) is 0 Å². The van der Waals surface area contributed by atoms with Crippen molar-refractivity contribution in [3.63, 3.8) is 0 Å². The van der Waals surface area contributed by atoms with E-state index in [0.717, 1.165) is 24.7 Å². The quantitative estimate of drug-likeness (QED) is 0.681. The second kappa shape index (κ2) is 9.71. The van der Waals surface area contributed by atoms with E-state index < -0.39 is 12.1 Å². The van der Waals surface area contributed by atoms with Gasteiger partial charge in [0.25, 0.3) is 0 Å². The van der Waals surface area contributed by atoms with Crippen LogP contribution in [0.1, 0.15) is 38.7 Å². The molecule has 0 saturated carbocycles. The van der Waals surface area contributed by atoms with Crippen molar-refractivity contribution in [1.82, 2.24) is 10.6 Å². The van der Waals surface area contributed by atoms with Crippen molar-refractivity contribution >= 4 is 18.1 Å². The van der Waals surface area contributed by atoms with Gasteiger partial charge in [-0.3, -0.25) is 9.59 Å². The highest BCUT2D eigenvalue weighted by atomic mass is 16.2. The van der Waals surface area contributed by atoms with Gasteiger partial charge in [-0.1, -0.05) is 50.1 Å². The molecule has 1 aromatic rings. The van der Waals surface area contributed by atoms with Crippen molar-refractivity contribution in [2.45, 2.75) is 51.6 Å². The highest BCUT2D eigenvalue weighted by Gasteiger charge is 2.22. The van der Waals surface area contributed by atoms with Crippen molar-refractivity contribution in [2.24, 2.45) is 0 Å². The summed E-state index contributed by atoms with van der Waals surface area (Å²) < 4.78 is 0. The number of carbonyl (C=O) groups excluding carboxylic acids is 3. The maximum atomic E-state index is 12.3. The normalized spacial score (nSPS) is 13.0. The van der Waals surface area contributed by atoms with Gasteiger partial charge in [-0.25, -0.2) is 0 Å². The lowest BCUT2D eigenvalue weighted by Crippen LogP contribution is -2.50. The van der Waals surface area contributed by atoms with Gasteiger partial charge in [0.1, 0.15) is 12.3 Å². The Kier molecular flexibility index (Phi) is 7.89. The first-order chi connectivity index (χ1) is 10.6. The fourth-order valence-corrected chi connectivity index (χ4v) is 2.19. The molecule has 0 saturated heterocycles. The summed E-state index contributed by atoms with van der Waals surface area (Å²) in [4.78, 5) is 34.7. The summed E-state index contributed by atoms with van der Waals surface area (Å²) >= 11 is 0. The number of amides is 2. The van der Waals surface area contributed by atoms with Gasteiger partial charge in [0.15, 0.2) is 0 Å². The molecule has 0 aromatic heterocycles. The van der Waals surface area contributed by atoms with Crippen LogP contribution in [0.2, 0.25) is 0 Å². The van der Waals surface area contributed by atoms with Crippen LogP contribution in [0.25, 0.3) is 0 Å². The zero-order valence-electron chi connectivity index (χ0n) is 13.2. The third-order valence-corrected chi connectivity index (χ3v) is 3.34. The minimum atomic E-state index is -0.677. The lowest BCUT2D eigenvalue weighted by Gasteiger charge is -2.20. The number of nitrogens with one attached hydrogen (secondary N) is 2. The van der Waals surface area contributed by atoms with Crippen molar-refractivity contribution in [3.8, 4) is 0 Å². The lowest BCUT2D eigenvalue weighted by molar-refractivity contribution is -0.129. The fraction of sp³-hybridized carbons (Fsp3) is 0.471. The lowest BCUT2D eigenvalue weighted by atomic mass is 10.0. The molecule has 5 heteroatoms. The smallest absolute Gasteiger partial charge is 0.243 e. The average Bonchev–Trinajstić information content (AvgIpc) is 2.51. The number of hydrogen-bond acceptors (Lipinski definition) is 3. The summed E-state index contributed by atoms with van der Waals surface area (Å²) in [5, 5.41) is 5.35. The number of benzene rings is 1. The number of aldehydes is 1. The van der Waals surface area contributed by atoms with Gasteiger partial charge in [0.05, 0.1) is 6.04 Å². The second-order valence-corrected chi connectivity index (χ2v) is 5.34. The molecule has 0 bridgehead atoms. The third kappa shape index (κ3) is 6.52. The van der Waals surface area contributed by atoms with Crippen LogP contribution >= 0.6 is 0 Å². The Balaban J connectivity index is 2.71. The Morgan fingerprint density at radius 3 is 2.41 bits per heavy atom. The van der Waals surface area contributed by atoms with Crippen LogP contribution in [0.3, 0.4) is 0 Å². The van der Waals surface area contributed by atoms with E-state index in [-0.39, 0.29) is 11.8 Å². The molecule has 2 N–H and O–H groups in total. The van der Waals surface area contributed by atoms with Gasteiger partial charge in [-0.05, 0) is 12.0 Å². The molecule has 0 aliphatic carbocycles. The molecule has 1 aromatic carbocycles. The van der Waals surface area contributed by atoms with E-state index in [2.05, 4.69) is 10.6 Å². The van der Waals surface area contributed by atoms with Crippen LogP contribution < -0.4 is 10.6 Å². The minimum Gasteiger partial charge on any atom is -0.345 e. The molecule has 1 unspecified atom stereocenters. The summed E-state index contributed by atoms with van der Waals surface area (Å²) in [5.74, 6) is -0.598. The molecule has 2 amide bonds. The van der Waals surface area contributed by atoms with Gasteiger partial charge in [0, 0.05) is 13.3 Å². The highest BCUT2D eigenvalue weighted by molar-refractivity contribution is 5.88. The molecule has 0 heterocycles. The second-order valence-electron chi connectivity index (χ2n) is 5.34. The first-order valence-electron chi connectivity index (χ1n) is 7.63. The predicted octanol–water partition coefficient (Wildman–Crippen LogP) is 1.61. The number of carbonyl (C=O) groups is 3. The summed E-state index contributed by atoms with van der Waals surface area (Å²) in [5.41, 5.74) is 0.951. The Labute approximate surface area is 131 Å². The zero-order valence-corrected chi connectivity index (χ0v) is 13.2. The molecule has 120 valence electrons. The van der Waals surface area contributed by atoms with Gasteiger partial charge < -0.3 is 15.4 Å². The average molecular weight is 304 g/mol. The van der Waals surface area contributed by atoms with E-state index in [0.29, 0.717) is 12.8 Å². The Hall–Kier alpha value is -2.17. The summed E-state index contributed by atoms with van der Waals surface area (Å²) in [6.45, 7) is 3.40. The topological polar surface area (TPSA) is 75.3 Å². The van der Waals surface area contributed by atoms with Crippen LogP contribution in [-0.4, -0.2) is 30.2 Å². The molecule has 5 nitrogen and oxygen atoms in total. The Bertz CT molecular complexity index is 488. The number of rotatable bonds is 9. The van der Waals surface area contributed by atoms with Crippen molar-refractivity contribution in [1.29, 1.82) is 0 Å². The minimum absolute atomic E-state index is 0.271. The third-order valence-electron chi connectivity index (χ3n) is 3.34. The molecular weight excluding hydrogens is 280 g/mol. The van der Waals surface area contributed by atoms with E-state index in [4.69, 9.17) is 0 Å². The zero-order chi connectivity index (χ0) is 16.4. The largest absolute Gasteiger partial charge is 0.345 e. The van der Waals surface area contributed by atoms with E-state index in [1.165, 1.54) is 6.92 Å². The molecular formula is C17H24N2O3.